The molecule has 3 N–H and O–H groups in total. The molecule has 1 rings (SSSR count). The van der Waals surface area contributed by atoms with Crippen molar-refractivity contribution in [2.45, 2.75) is 45.8 Å². The number of hydrogen-bond acceptors (Lipinski definition) is 4. The molecule has 1 aromatic rings. The molecule has 1 atom stereocenters. The highest BCUT2D eigenvalue weighted by atomic mass is 16.3. The summed E-state index contributed by atoms with van der Waals surface area (Å²) in [7, 11) is 3.93. The fourth-order valence-electron chi connectivity index (χ4n) is 2.03. The quantitative estimate of drug-likeness (QED) is 0.748. The average molecular weight is 311 g/mol. The van der Waals surface area contributed by atoms with Crippen molar-refractivity contribution in [2.75, 3.05) is 27.2 Å². The fraction of sp³-hybridized carbons (Fsp3) is 0.688. The first kappa shape index (κ1) is 18.5. The number of furan rings is 1. The van der Waals surface area contributed by atoms with E-state index in [0.717, 1.165) is 5.76 Å². The highest BCUT2D eigenvalue weighted by molar-refractivity contribution is 5.74. The van der Waals surface area contributed by atoms with E-state index in [1.165, 1.54) is 0 Å². The van der Waals surface area contributed by atoms with Crippen LogP contribution in [-0.2, 0) is 5.60 Å². The van der Waals surface area contributed by atoms with Gasteiger partial charge in [0, 0.05) is 17.6 Å². The van der Waals surface area contributed by atoms with Crippen LogP contribution in [0.2, 0.25) is 0 Å². The maximum Gasteiger partial charge on any atom is 0.314 e. The molecule has 0 aliphatic heterocycles. The van der Waals surface area contributed by atoms with Crippen molar-refractivity contribution in [3.63, 3.8) is 0 Å². The summed E-state index contributed by atoms with van der Waals surface area (Å²) in [4.78, 5) is 13.9. The van der Waals surface area contributed by atoms with Crippen molar-refractivity contribution in [1.82, 2.24) is 15.5 Å². The van der Waals surface area contributed by atoms with E-state index in [1.807, 2.05) is 39.8 Å². The van der Waals surface area contributed by atoms with Gasteiger partial charge in [0.05, 0.1) is 6.54 Å². The molecule has 6 heteroatoms. The lowest BCUT2D eigenvalue weighted by Crippen LogP contribution is -2.51. The molecule has 0 radical (unpaired) electrons. The fourth-order valence-corrected chi connectivity index (χ4v) is 2.03. The monoisotopic (exact) mass is 311 g/mol. The number of urea groups is 1. The van der Waals surface area contributed by atoms with Gasteiger partial charge in [0.2, 0.25) is 0 Å². The summed E-state index contributed by atoms with van der Waals surface area (Å²) in [6.07, 6.45) is 0. The molecule has 126 valence electrons. The third-order valence-electron chi connectivity index (χ3n) is 4.11. The van der Waals surface area contributed by atoms with Crippen LogP contribution in [0.3, 0.4) is 0 Å². The summed E-state index contributed by atoms with van der Waals surface area (Å²) < 4.78 is 5.43. The number of aliphatic hydroxyl groups is 1. The summed E-state index contributed by atoms with van der Waals surface area (Å²) in [5.74, 6) is 1.41. The molecule has 0 fully saturated rings. The molecule has 0 saturated carbocycles. The van der Waals surface area contributed by atoms with Crippen molar-refractivity contribution in [3.05, 3.63) is 23.2 Å². The zero-order valence-electron chi connectivity index (χ0n) is 14.7. The van der Waals surface area contributed by atoms with Crippen LogP contribution in [0.1, 0.15) is 37.9 Å². The van der Waals surface area contributed by atoms with Gasteiger partial charge in [0.25, 0.3) is 0 Å². The Morgan fingerprint density at radius 1 is 1.23 bits per heavy atom. The number of likely N-dealkylation sites (N-methyl/N-ethyl adjacent to an activating group) is 1. The van der Waals surface area contributed by atoms with Gasteiger partial charge >= 0.3 is 6.03 Å². The molecule has 0 saturated heterocycles. The van der Waals surface area contributed by atoms with Crippen LogP contribution in [-0.4, -0.2) is 48.8 Å². The smallest absolute Gasteiger partial charge is 0.314 e. The van der Waals surface area contributed by atoms with Crippen LogP contribution < -0.4 is 10.6 Å². The molecule has 1 aromatic heterocycles. The lowest BCUT2D eigenvalue weighted by atomic mass is 9.96. The van der Waals surface area contributed by atoms with Gasteiger partial charge in [0.15, 0.2) is 0 Å². The SMILES string of the molecule is Cc1cc([C@](C)(O)CNC(=O)NCC(C)(C)N(C)C)c(C)o1. The van der Waals surface area contributed by atoms with Crippen LogP contribution in [0.15, 0.2) is 10.5 Å². The predicted molar refractivity (Wildman–Crippen MR) is 86.9 cm³/mol. The van der Waals surface area contributed by atoms with Gasteiger partial charge in [-0.25, -0.2) is 4.79 Å². The predicted octanol–water partition coefficient (Wildman–Crippen LogP) is 1.74. The number of rotatable bonds is 6. The first-order chi connectivity index (χ1) is 9.95. The van der Waals surface area contributed by atoms with Crippen molar-refractivity contribution in [3.8, 4) is 0 Å². The third-order valence-corrected chi connectivity index (χ3v) is 4.11. The summed E-state index contributed by atoms with van der Waals surface area (Å²) in [6.45, 7) is 10.0. The summed E-state index contributed by atoms with van der Waals surface area (Å²) in [5, 5.41) is 16.1. The molecule has 2 amide bonds. The van der Waals surface area contributed by atoms with E-state index in [9.17, 15) is 9.90 Å². The Balaban J connectivity index is 2.55. The van der Waals surface area contributed by atoms with Gasteiger partial charge in [-0.3, -0.25) is 0 Å². The average Bonchev–Trinajstić information content (AvgIpc) is 2.74. The van der Waals surface area contributed by atoms with Crippen LogP contribution >= 0.6 is 0 Å². The molecule has 0 unspecified atom stereocenters. The number of aryl methyl sites for hydroxylation is 2. The molecule has 22 heavy (non-hydrogen) atoms. The topological polar surface area (TPSA) is 77.7 Å². The molecule has 0 aliphatic carbocycles. The van der Waals surface area contributed by atoms with E-state index < -0.39 is 5.60 Å². The second-order valence-corrected chi connectivity index (χ2v) is 6.84. The standard InChI is InChI=1S/C16H29N3O3/c1-11-8-13(12(2)22-11)16(5,21)10-18-14(20)17-9-15(3,4)19(6)7/h8,21H,9-10H2,1-7H3,(H2,17,18,20)/t16-/m1/s1. The van der Waals surface area contributed by atoms with Gasteiger partial charge in [-0.15, -0.1) is 0 Å². The number of hydrogen-bond donors (Lipinski definition) is 3. The molecule has 0 bridgehead atoms. The van der Waals surface area contributed by atoms with Crippen molar-refractivity contribution < 1.29 is 14.3 Å². The van der Waals surface area contributed by atoms with Gasteiger partial charge < -0.3 is 25.1 Å². The summed E-state index contributed by atoms with van der Waals surface area (Å²) in [6, 6.07) is 1.50. The third kappa shape index (κ3) is 4.74. The van der Waals surface area contributed by atoms with E-state index in [1.54, 1.807) is 19.9 Å². The maximum atomic E-state index is 11.9. The van der Waals surface area contributed by atoms with E-state index >= 15 is 0 Å². The van der Waals surface area contributed by atoms with E-state index in [4.69, 9.17) is 4.42 Å². The number of amides is 2. The maximum absolute atomic E-state index is 11.9. The Morgan fingerprint density at radius 2 is 1.77 bits per heavy atom. The molecule has 0 spiro atoms. The Hall–Kier alpha value is -1.53. The Bertz CT molecular complexity index is 519. The van der Waals surface area contributed by atoms with Crippen molar-refractivity contribution in [1.29, 1.82) is 0 Å². The minimum atomic E-state index is -1.17. The number of nitrogens with one attached hydrogen (secondary N) is 2. The zero-order chi connectivity index (χ0) is 17.1. The Morgan fingerprint density at radius 3 is 2.23 bits per heavy atom. The van der Waals surface area contributed by atoms with E-state index in [2.05, 4.69) is 10.6 Å². The normalized spacial score (nSPS) is 14.8. The first-order valence-electron chi connectivity index (χ1n) is 7.45. The lowest BCUT2D eigenvalue weighted by molar-refractivity contribution is 0.0577. The van der Waals surface area contributed by atoms with Crippen LogP contribution in [0, 0.1) is 13.8 Å². The molecule has 6 nitrogen and oxygen atoms in total. The second kappa shape index (κ2) is 6.71. The minimum Gasteiger partial charge on any atom is -0.466 e. The highest BCUT2D eigenvalue weighted by Gasteiger charge is 2.28. The Labute approximate surface area is 132 Å². The van der Waals surface area contributed by atoms with E-state index in [0.29, 0.717) is 17.9 Å². The van der Waals surface area contributed by atoms with E-state index in [-0.39, 0.29) is 18.1 Å². The number of carbonyl (C=O) groups is 1. The highest BCUT2D eigenvalue weighted by Crippen LogP contribution is 2.26. The van der Waals surface area contributed by atoms with Crippen LogP contribution in [0.4, 0.5) is 4.79 Å². The summed E-state index contributed by atoms with van der Waals surface area (Å²) >= 11 is 0. The van der Waals surface area contributed by atoms with Crippen molar-refractivity contribution >= 4 is 6.03 Å². The lowest BCUT2D eigenvalue weighted by Gasteiger charge is -2.32. The number of nitrogens with zero attached hydrogens (tertiary/aromatic N) is 1. The number of carbonyl (C=O) groups excluding carboxylic acids is 1. The van der Waals surface area contributed by atoms with Gasteiger partial charge in [0.1, 0.15) is 17.1 Å². The van der Waals surface area contributed by atoms with Gasteiger partial charge in [-0.2, -0.15) is 0 Å². The molecular weight excluding hydrogens is 282 g/mol. The first-order valence-corrected chi connectivity index (χ1v) is 7.45. The molecule has 0 aromatic carbocycles. The Kier molecular flexibility index (Phi) is 5.65. The second-order valence-electron chi connectivity index (χ2n) is 6.84. The zero-order valence-corrected chi connectivity index (χ0v) is 14.7. The van der Waals surface area contributed by atoms with Crippen molar-refractivity contribution in [2.24, 2.45) is 0 Å². The van der Waals surface area contributed by atoms with Crippen LogP contribution in [0.25, 0.3) is 0 Å². The summed E-state index contributed by atoms with van der Waals surface area (Å²) in [5.41, 5.74) is -0.618. The molecule has 1 heterocycles. The van der Waals surface area contributed by atoms with Gasteiger partial charge in [-0.1, -0.05) is 0 Å². The van der Waals surface area contributed by atoms with Crippen LogP contribution in [0.5, 0.6) is 0 Å². The largest absolute Gasteiger partial charge is 0.466 e. The minimum absolute atomic E-state index is 0.112. The van der Waals surface area contributed by atoms with Gasteiger partial charge in [-0.05, 0) is 54.8 Å². The molecule has 0 aliphatic rings. The molecular formula is C16H29N3O3.